The fourth-order valence-corrected chi connectivity index (χ4v) is 4.15. The van der Waals surface area contributed by atoms with E-state index in [1.54, 1.807) is 6.33 Å². The topological polar surface area (TPSA) is 86.1 Å². The maximum Gasteiger partial charge on any atom is 0.244 e. The molecular weight excluding hydrogens is 323 g/mol. The molecular formula is C14H17FN4O3S. The van der Waals surface area contributed by atoms with Gasteiger partial charge in [0.05, 0.1) is 7.11 Å². The van der Waals surface area contributed by atoms with E-state index in [0.29, 0.717) is 25.8 Å². The Morgan fingerprint density at radius 2 is 2.22 bits per heavy atom. The van der Waals surface area contributed by atoms with Crippen LogP contribution in [0.4, 0.5) is 4.39 Å². The number of nitrogens with one attached hydrogen (secondary N) is 1. The van der Waals surface area contributed by atoms with Gasteiger partial charge in [0.25, 0.3) is 0 Å². The normalized spacial score (nSPS) is 18.3. The Kier molecular flexibility index (Phi) is 4.31. The molecule has 3 rings (SSSR count). The number of hydrogen-bond acceptors (Lipinski definition) is 5. The monoisotopic (exact) mass is 340 g/mol. The molecule has 9 heteroatoms. The summed E-state index contributed by atoms with van der Waals surface area (Å²) in [4.78, 5) is -0.191. The molecule has 0 aliphatic carbocycles. The Hall–Kier alpha value is -2.00. The first-order chi connectivity index (χ1) is 11.0. The molecule has 0 saturated carbocycles. The molecule has 0 spiro atoms. The van der Waals surface area contributed by atoms with Crippen LogP contribution in [0.3, 0.4) is 0 Å². The summed E-state index contributed by atoms with van der Waals surface area (Å²) in [5, 5.41) is 7.85. The molecule has 0 saturated heterocycles. The minimum Gasteiger partial charge on any atom is -0.495 e. The second-order valence-corrected chi connectivity index (χ2v) is 7.06. The van der Waals surface area contributed by atoms with Crippen LogP contribution in [-0.2, 0) is 23.0 Å². The van der Waals surface area contributed by atoms with E-state index in [1.807, 2.05) is 4.57 Å². The van der Waals surface area contributed by atoms with Crippen LogP contribution in [0.5, 0.6) is 5.75 Å². The summed E-state index contributed by atoms with van der Waals surface area (Å²) in [6, 6.07) is 3.18. The van der Waals surface area contributed by atoms with Crippen LogP contribution in [0.2, 0.25) is 0 Å². The van der Waals surface area contributed by atoms with Gasteiger partial charge in [-0.3, -0.25) is 0 Å². The highest BCUT2D eigenvalue weighted by Gasteiger charge is 2.26. The molecule has 2 aromatic rings. The zero-order chi connectivity index (χ0) is 16.4. The third-order valence-electron chi connectivity index (χ3n) is 3.87. The van der Waals surface area contributed by atoms with Gasteiger partial charge in [-0.15, -0.1) is 10.2 Å². The molecule has 124 valence electrons. The van der Waals surface area contributed by atoms with Crippen molar-refractivity contribution in [2.75, 3.05) is 7.11 Å². The molecule has 1 unspecified atom stereocenters. The van der Waals surface area contributed by atoms with E-state index in [9.17, 15) is 12.8 Å². The van der Waals surface area contributed by atoms with Gasteiger partial charge in [-0.25, -0.2) is 17.5 Å². The van der Waals surface area contributed by atoms with Gasteiger partial charge in [0.1, 0.15) is 28.6 Å². The van der Waals surface area contributed by atoms with Gasteiger partial charge in [0.2, 0.25) is 10.0 Å². The minimum atomic E-state index is -3.87. The highest BCUT2D eigenvalue weighted by molar-refractivity contribution is 7.89. The maximum absolute atomic E-state index is 13.4. The highest BCUT2D eigenvalue weighted by atomic mass is 32.2. The molecule has 1 aromatic carbocycles. The van der Waals surface area contributed by atoms with Gasteiger partial charge in [0.15, 0.2) is 0 Å². The minimum absolute atomic E-state index is 0.115. The van der Waals surface area contributed by atoms with E-state index in [4.69, 9.17) is 4.74 Å². The number of fused-ring (bicyclic) bond motifs is 1. The first kappa shape index (κ1) is 15.9. The van der Waals surface area contributed by atoms with Crippen LogP contribution < -0.4 is 9.46 Å². The van der Waals surface area contributed by atoms with Gasteiger partial charge < -0.3 is 9.30 Å². The van der Waals surface area contributed by atoms with E-state index in [0.717, 1.165) is 18.0 Å². The molecule has 0 amide bonds. The first-order valence-corrected chi connectivity index (χ1v) is 8.70. The van der Waals surface area contributed by atoms with E-state index in [2.05, 4.69) is 14.9 Å². The first-order valence-electron chi connectivity index (χ1n) is 7.22. The fourth-order valence-electron chi connectivity index (χ4n) is 2.66. The lowest BCUT2D eigenvalue weighted by Gasteiger charge is -2.17. The molecule has 0 radical (unpaired) electrons. The zero-order valence-electron chi connectivity index (χ0n) is 12.6. The van der Waals surface area contributed by atoms with Crippen molar-refractivity contribution in [3.05, 3.63) is 36.2 Å². The lowest BCUT2D eigenvalue weighted by Crippen LogP contribution is -2.35. The third kappa shape index (κ3) is 3.35. The van der Waals surface area contributed by atoms with Gasteiger partial charge in [-0.2, -0.15) is 0 Å². The van der Waals surface area contributed by atoms with Crippen molar-refractivity contribution in [2.24, 2.45) is 0 Å². The number of benzene rings is 1. The number of ether oxygens (including phenoxy) is 1. The molecule has 1 aliphatic heterocycles. The Balaban J connectivity index is 1.79. The van der Waals surface area contributed by atoms with Gasteiger partial charge >= 0.3 is 0 Å². The Morgan fingerprint density at radius 1 is 1.39 bits per heavy atom. The van der Waals surface area contributed by atoms with Crippen molar-refractivity contribution in [2.45, 2.75) is 36.7 Å². The number of hydrogen-bond donors (Lipinski definition) is 1. The average molecular weight is 340 g/mol. The van der Waals surface area contributed by atoms with Crippen molar-refractivity contribution in [1.82, 2.24) is 19.5 Å². The van der Waals surface area contributed by atoms with Crippen molar-refractivity contribution < 1.29 is 17.5 Å². The maximum atomic E-state index is 13.4. The highest BCUT2D eigenvalue weighted by Crippen LogP contribution is 2.25. The average Bonchev–Trinajstić information content (AvgIpc) is 2.89. The van der Waals surface area contributed by atoms with E-state index >= 15 is 0 Å². The summed E-state index contributed by atoms with van der Waals surface area (Å²) in [6.07, 6.45) is 3.49. The van der Waals surface area contributed by atoms with Crippen molar-refractivity contribution in [3.8, 4) is 5.75 Å². The van der Waals surface area contributed by atoms with E-state index in [-0.39, 0.29) is 16.7 Å². The summed E-state index contributed by atoms with van der Waals surface area (Å²) < 4.78 is 48.1. The van der Waals surface area contributed by atoms with Crippen molar-refractivity contribution in [3.63, 3.8) is 0 Å². The van der Waals surface area contributed by atoms with Gasteiger partial charge in [0, 0.05) is 19.0 Å². The Morgan fingerprint density at radius 3 is 3.00 bits per heavy atom. The van der Waals surface area contributed by atoms with Gasteiger partial charge in [-0.05, 0) is 31.0 Å². The molecule has 7 nitrogen and oxygen atoms in total. The van der Waals surface area contributed by atoms with Crippen LogP contribution in [0, 0.1) is 5.82 Å². The van der Waals surface area contributed by atoms with Crippen molar-refractivity contribution >= 4 is 10.0 Å². The van der Waals surface area contributed by atoms with E-state index in [1.165, 1.54) is 13.2 Å². The number of aryl methyl sites for hydroxylation is 2. The van der Waals surface area contributed by atoms with E-state index < -0.39 is 15.8 Å². The Bertz CT molecular complexity index is 784. The molecule has 1 aliphatic rings. The molecule has 1 aromatic heterocycles. The molecule has 0 bridgehead atoms. The summed E-state index contributed by atoms with van der Waals surface area (Å²) in [7, 11) is -2.52. The predicted molar refractivity (Wildman–Crippen MR) is 80.0 cm³/mol. The lowest BCUT2D eigenvalue weighted by molar-refractivity contribution is 0.399. The van der Waals surface area contributed by atoms with Gasteiger partial charge in [-0.1, -0.05) is 0 Å². The number of aromatic nitrogens is 3. The van der Waals surface area contributed by atoms with Crippen LogP contribution in [-0.4, -0.2) is 36.3 Å². The molecule has 1 N–H and O–H groups in total. The number of nitrogens with zero attached hydrogens (tertiary/aromatic N) is 3. The fraction of sp³-hybridized carbons (Fsp3) is 0.429. The third-order valence-corrected chi connectivity index (χ3v) is 5.41. The number of halogens is 1. The van der Waals surface area contributed by atoms with Crippen molar-refractivity contribution in [1.29, 1.82) is 0 Å². The number of methoxy groups -OCH3 is 1. The number of sulfonamides is 1. The Labute approximate surface area is 133 Å². The predicted octanol–water partition coefficient (Wildman–Crippen LogP) is 1.11. The zero-order valence-corrected chi connectivity index (χ0v) is 13.4. The molecule has 1 atom stereocenters. The molecule has 2 heterocycles. The standard InChI is InChI=1S/C14H17FN4O3S/c1-22-12-4-2-10(15)8-13(12)23(20,21)18-11-3-5-14-17-16-9-19(14)7-6-11/h2,4,8-9,11,18H,3,5-7H2,1H3. The summed E-state index contributed by atoms with van der Waals surface area (Å²) in [5.74, 6) is 0.331. The summed E-state index contributed by atoms with van der Waals surface area (Å²) in [6.45, 7) is 0.635. The summed E-state index contributed by atoms with van der Waals surface area (Å²) in [5.41, 5.74) is 0. The van der Waals surface area contributed by atoms with Crippen LogP contribution in [0.15, 0.2) is 29.4 Å². The molecule has 0 fully saturated rings. The number of rotatable bonds is 4. The smallest absolute Gasteiger partial charge is 0.244 e. The molecule has 23 heavy (non-hydrogen) atoms. The van der Waals surface area contributed by atoms with Crippen LogP contribution >= 0.6 is 0 Å². The second-order valence-electron chi connectivity index (χ2n) is 5.38. The van der Waals surface area contributed by atoms with Crippen LogP contribution in [0.25, 0.3) is 0 Å². The summed E-state index contributed by atoms with van der Waals surface area (Å²) >= 11 is 0. The lowest BCUT2D eigenvalue weighted by atomic mass is 10.1. The second kappa shape index (κ2) is 6.25. The SMILES string of the molecule is COc1ccc(F)cc1S(=O)(=O)NC1CCc2nncn2CC1. The quantitative estimate of drug-likeness (QED) is 0.901. The largest absolute Gasteiger partial charge is 0.495 e. The van der Waals surface area contributed by atoms with Crippen LogP contribution in [0.1, 0.15) is 18.7 Å².